The second-order valence-corrected chi connectivity index (χ2v) is 3.35. The normalized spacial score (nSPS) is 19.4. The van der Waals surface area contributed by atoms with E-state index in [1.807, 2.05) is 0 Å². The van der Waals surface area contributed by atoms with Gasteiger partial charge in [0.25, 0.3) is 0 Å². The van der Waals surface area contributed by atoms with Gasteiger partial charge in [0.2, 0.25) is 0 Å². The van der Waals surface area contributed by atoms with E-state index in [0.717, 1.165) is 0 Å². The monoisotopic (exact) mass is 136 g/mol. The first-order valence-electron chi connectivity index (χ1n) is 4.02. The molecule has 0 aliphatic heterocycles. The molecular formula is C10H16. The lowest BCUT2D eigenvalue weighted by Crippen LogP contribution is -1.97. The standard InChI is InChI=1S/C10H16/c1-8(2)10-6-4-9(3)5-7-10/h3-7H2,1-2H3. The first kappa shape index (κ1) is 7.59. The molecule has 56 valence electrons. The maximum absolute atomic E-state index is 3.99. The zero-order valence-corrected chi connectivity index (χ0v) is 7.04. The van der Waals surface area contributed by atoms with Gasteiger partial charge in [-0.15, -0.1) is 0 Å². The molecule has 0 unspecified atom stereocenters. The molecule has 0 atom stereocenters. The van der Waals surface area contributed by atoms with Gasteiger partial charge in [-0.2, -0.15) is 0 Å². The predicted molar refractivity (Wildman–Crippen MR) is 46.0 cm³/mol. The van der Waals surface area contributed by atoms with E-state index in [1.165, 1.54) is 36.8 Å². The molecule has 1 saturated carbocycles. The molecule has 0 bridgehead atoms. The summed E-state index contributed by atoms with van der Waals surface area (Å²) in [5, 5.41) is 0. The number of hydrogen-bond donors (Lipinski definition) is 0. The molecule has 0 aromatic heterocycles. The third-order valence-electron chi connectivity index (χ3n) is 2.27. The Kier molecular flexibility index (Phi) is 2.31. The van der Waals surface area contributed by atoms with E-state index in [0.29, 0.717) is 0 Å². The van der Waals surface area contributed by atoms with Crippen LogP contribution in [0.4, 0.5) is 0 Å². The van der Waals surface area contributed by atoms with Gasteiger partial charge in [-0.25, -0.2) is 0 Å². The van der Waals surface area contributed by atoms with Crippen molar-refractivity contribution in [2.24, 2.45) is 0 Å². The summed E-state index contributed by atoms with van der Waals surface area (Å²) in [6, 6.07) is 0. The third-order valence-corrected chi connectivity index (χ3v) is 2.27. The lowest BCUT2D eigenvalue weighted by Gasteiger charge is -2.17. The van der Waals surface area contributed by atoms with Crippen molar-refractivity contribution in [2.75, 3.05) is 0 Å². The van der Waals surface area contributed by atoms with Crippen LogP contribution in [0.5, 0.6) is 0 Å². The highest BCUT2D eigenvalue weighted by molar-refractivity contribution is 5.17. The molecule has 0 heterocycles. The molecule has 1 rings (SSSR count). The van der Waals surface area contributed by atoms with Crippen LogP contribution in [-0.4, -0.2) is 0 Å². The minimum atomic E-state index is 1.22. The summed E-state index contributed by atoms with van der Waals surface area (Å²) in [4.78, 5) is 0. The van der Waals surface area contributed by atoms with Crippen LogP contribution in [-0.2, 0) is 0 Å². The molecule has 10 heavy (non-hydrogen) atoms. The summed E-state index contributed by atoms with van der Waals surface area (Å²) >= 11 is 0. The second kappa shape index (κ2) is 3.05. The quantitative estimate of drug-likeness (QED) is 0.447. The Labute approximate surface area is 63.6 Å². The Morgan fingerprint density at radius 1 is 1.10 bits per heavy atom. The maximum Gasteiger partial charge on any atom is -0.0280 e. The zero-order valence-electron chi connectivity index (χ0n) is 7.04. The van der Waals surface area contributed by atoms with Gasteiger partial charge < -0.3 is 0 Å². The summed E-state index contributed by atoms with van der Waals surface area (Å²) in [6.45, 7) is 8.41. The van der Waals surface area contributed by atoms with Gasteiger partial charge in [0, 0.05) is 0 Å². The van der Waals surface area contributed by atoms with Crippen molar-refractivity contribution in [3.8, 4) is 0 Å². The summed E-state index contributed by atoms with van der Waals surface area (Å²) in [5.74, 6) is 0. The van der Waals surface area contributed by atoms with E-state index in [1.54, 1.807) is 5.57 Å². The number of allylic oxidation sites excluding steroid dienone is 3. The number of hydrogen-bond acceptors (Lipinski definition) is 0. The highest BCUT2D eigenvalue weighted by Gasteiger charge is 2.08. The van der Waals surface area contributed by atoms with Crippen LogP contribution < -0.4 is 0 Å². The van der Waals surface area contributed by atoms with Crippen LogP contribution >= 0.6 is 0 Å². The molecule has 0 saturated heterocycles. The van der Waals surface area contributed by atoms with Crippen molar-refractivity contribution in [3.05, 3.63) is 23.3 Å². The molecule has 0 radical (unpaired) electrons. The van der Waals surface area contributed by atoms with Crippen LogP contribution in [0.15, 0.2) is 23.3 Å². The highest BCUT2D eigenvalue weighted by atomic mass is 14.1. The second-order valence-electron chi connectivity index (χ2n) is 3.35. The van der Waals surface area contributed by atoms with Gasteiger partial charge in [0.1, 0.15) is 0 Å². The van der Waals surface area contributed by atoms with Crippen molar-refractivity contribution in [3.63, 3.8) is 0 Å². The van der Waals surface area contributed by atoms with E-state index in [-0.39, 0.29) is 0 Å². The van der Waals surface area contributed by atoms with Gasteiger partial charge in [-0.3, -0.25) is 0 Å². The zero-order chi connectivity index (χ0) is 7.56. The van der Waals surface area contributed by atoms with Gasteiger partial charge in [-0.05, 0) is 39.5 Å². The average Bonchev–Trinajstić information content (AvgIpc) is 1.88. The molecule has 0 N–H and O–H groups in total. The molecule has 0 heteroatoms. The van der Waals surface area contributed by atoms with Crippen molar-refractivity contribution in [1.82, 2.24) is 0 Å². The summed E-state index contributed by atoms with van der Waals surface area (Å²) in [5.41, 5.74) is 4.62. The van der Waals surface area contributed by atoms with Gasteiger partial charge in [0.05, 0.1) is 0 Å². The fraction of sp³-hybridized carbons (Fsp3) is 0.600. The van der Waals surface area contributed by atoms with Crippen LogP contribution in [0.2, 0.25) is 0 Å². The molecule has 0 aromatic carbocycles. The molecule has 1 aliphatic carbocycles. The smallest absolute Gasteiger partial charge is 0.0280 e. The molecule has 0 aromatic rings. The summed E-state index contributed by atoms with van der Waals surface area (Å²) in [6.07, 6.45) is 4.98. The molecular weight excluding hydrogens is 120 g/mol. The van der Waals surface area contributed by atoms with Gasteiger partial charge in [0.15, 0.2) is 0 Å². The van der Waals surface area contributed by atoms with E-state index in [4.69, 9.17) is 0 Å². The SMILES string of the molecule is C=C1CCC(=C(C)C)CC1. The van der Waals surface area contributed by atoms with E-state index < -0.39 is 0 Å². The highest BCUT2D eigenvalue weighted by Crippen LogP contribution is 2.28. The van der Waals surface area contributed by atoms with Crippen LogP contribution in [0.3, 0.4) is 0 Å². The maximum atomic E-state index is 3.99. The summed E-state index contributed by atoms with van der Waals surface area (Å²) < 4.78 is 0. The first-order valence-corrected chi connectivity index (χ1v) is 4.02. The van der Waals surface area contributed by atoms with E-state index >= 15 is 0 Å². The Morgan fingerprint density at radius 3 is 2.00 bits per heavy atom. The van der Waals surface area contributed by atoms with Crippen LogP contribution in [0.25, 0.3) is 0 Å². The van der Waals surface area contributed by atoms with Gasteiger partial charge in [-0.1, -0.05) is 23.3 Å². The van der Waals surface area contributed by atoms with Crippen LogP contribution in [0.1, 0.15) is 39.5 Å². The fourth-order valence-corrected chi connectivity index (χ4v) is 1.41. The largest absolute Gasteiger partial charge is 0.0998 e. The molecule has 0 nitrogen and oxygen atoms in total. The van der Waals surface area contributed by atoms with Crippen molar-refractivity contribution in [2.45, 2.75) is 39.5 Å². The lowest BCUT2D eigenvalue weighted by molar-refractivity contribution is 0.721. The molecule has 0 spiro atoms. The van der Waals surface area contributed by atoms with Gasteiger partial charge >= 0.3 is 0 Å². The van der Waals surface area contributed by atoms with Crippen molar-refractivity contribution in [1.29, 1.82) is 0 Å². The average molecular weight is 136 g/mol. The van der Waals surface area contributed by atoms with E-state index in [2.05, 4.69) is 20.4 Å². The molecule has 1 fully saturated rings. The van der Waals surface area contributed by atoms with Crippen molar-refractivity contribution < 1.29 is 0 Å². The molecule has 0 amide bonds. The predicted octanol–water partition coefficient (Wildman–Crippen LogP) is 3.45. The van der Waals surface area contributed by atoms with Crippen LogP contribution in [0, 0.1) is 0 Å². The Morgan fingerprint density at radius 2 is 1.60 bits per heavy atom. The Balaban J connectivity index is 2.56. The fourth-order valence-electron chi connectivity index (χ4n) is 1.41. The van der Waals surface area contributed by atoms with Crippen molar-refractivity contribution >= 4 is 0 Å². The topological polar surface area (TPSA) is 0 Å². The third kappa shape index (κ3) is 1.73. The molecule has 1 aliphatic rings. The minimum absolute atomic E-state index is 1.22. The summed E-state index contributed by atoms with van der Waals surface area (Å²) in [7, 11) is 0. The Hall–Kier alpha value is -0.520. The Bertz CT molecular complexity index is 156. The van der Waals surface area contributed by atoms with E-state index in [9.17, 15) is 0 Å². The lowest BCUT2D eigenvalue weighted by atomic mass is 9.89. The minimum Gasteiger partial charge on any atom is -0.0998 e. The number of rotatable bonds is 0. The first-order chi connectivity index (χ1) is 4.70.